The number of halogens is 2. The lowest BCUT2D eigenvalue weighted by atomic mass is 10.2. The van der Waals surface area contributed by atoms with Crippen LogP contribution in [-0.2, 0) is 14.8 Å². The second kappa shape index (κ2) is 5.07. The predicted molar refractivity (Wildman–Crippen MR) is 65.8 cm³/mol. The topological polar surface area (TPSA) is 86.5 Å². The first-order valence-electron chi connectivity index (χ1n) is 5.48. The highest BCUT2D eigenvalue weighted by molar-refractivity contribution is 7.89. The molecule has 0 spiro atoms. The van der Waals surface area contributed by atoms with Crippen molar-refractivity contribution in [2.45, 2.75) is 17.7 Å². The van der Waals surface area contributed by atoms with Gasteiger partial charge < -0.3 is 4.74 Å². The van der Waals surface area contributed by atoms with E-state index in [9.17, 15) is 17.6 Å². The monoisotopic (exact) mass is 307 g/mol. The molecule has 0 atom stereocenters. The van der Waals surface area contributed by atoms with Crippen molar-refractivity contribution < 1.29 is 22.3 Å². The maximum absolute atomic E-state index is 13.4. The SMILES string of the molecule is NS(=O)(=O)c1cc(C(=O)OCC2CC2)c(Cl)cc1F. The Labute approximate surface area is 114 Å². The van der Waals surface area contributed by atoms with Gasteiger partial charge in [0, 0.05) is 0 Å². The molecule has 0 saturated heterocycles. The van der Waals surface area contributed by atoms with Crippen molar-refractivity contribution in [2.24, 2.45) is 11.1 Å². The normalized spacial score (nSPS) is 15.3. The Kier molecular flexibility index (Phi) is 3.80. The van der Waals surface area contributed by atoms with Crippen molar-refractivity contribution in [1.82, 2.24) is 0 Å². The third-order valence-electron chi connectivity index (χ3n) is 2.70. The van der Waals surface area contributed by atoms with E-state index in [2.05, 4.69) is 0 Å². The second-order valence-corrected chi connectivity index (χ2v) is 6.29. The molecule has 0 heterocycles. The first-order valence-corrected chi connectivity index (χ1v) is 7.40. The standard InChI is InChI=1S/C11H11ClFNO4S/c12-8-4-9(13)10(19(14,16)17)3-7(8)11(15)18-5-6-1-2-6/h3-4,6H,1-2,5H2,(H2,14,16,17). The zero-order valence-corrected chi connectivity index (χ0v) is 11.3. The Morgan fingerprint density at radius 2 is 2.11 bits per heavy atom. The predicted octanol–water partition coefficient (Wildman–Crippen LogP) is 1.69. The van der Waals surface area contributed by atoms with E-state index in [1.807, 2.05) is 0 Å². The Bertz CT molecular complexity index is 628. The third kappa shape index (κ3) is 3.43. The number of sulfonamides is 1. The van der Waals surface area contributed by atoms with E-state index in [4.69, 9.17) is 21.5 Å². The van der Waals surface area contributed by atoms with Gasteiger partial charge in [0.1, 0.15) is 10.7 Å². The van der Waals surface area contributed by atoms with Gasteiger partial charge in [-0.1, -0.05) is 11.6 Å². The molecule has 0 bridgehead atoms. The van der Waals surface area contributed by atoms with Gasteiger partial charge in [0.2, 0.25) is 10.0 Å². The second-order valence-electron chi connectivity index (χ2n) is 4.35. The highest BCUT2D eigenvalue weighted by Crippen LogP contribution is 2.30. The summed E-state index contributed by atoms with van der Waals surface area (Å²) in [5.41, 5.74) is -0.215. The minimum Gasteiger partial charge on any atom is -0.462 e. The lowest BCUT2D eigenvalue weighted by Gasteiger charge is -2.08. The van der Waals surface area contributed by atoms with Gasteiger partial charge in [-0.15, -0.1) is 0 Å². The molecule has 1 aliphatic rings. The molecular formula is C11H11ClFNO4S. The van der Waals surface area contributed by atoms with E-state index in [0.29, 0.717) is 5.92 Å². The summed E-state index contributed by atoms with van der Waals surface area (Å²) in [6.07, 6.45) is 1.99. The molecule has 104 valence electrons. The fourth-order valence-corrected chi connectivity index (χ4v) is 2.30. The molecule has 8 heteroatoms. The van der Waals surface area contributed by atoms with Gasteiger partial charge in [-0.05, 0) is 30.9 Å². The van der Waals surface area contributed by atoms with Crippen LogP contribution in [-0.4, -0.2) is 21.0 Å². The number of hydrogen-bond acceptors (Lipinski definition) is 4. The van der Waals surface area contributed by atoms with Gasteiger partial charge in [0.15, 0.2) is 0 Å². The van der Waals surface area contributed by atoms with Crippen LogP contribution in [0, 0.1) is 11.7 Å². The number of nitrogens with two attached hydrogens (primary N) is 1. The van der Waals surface area contributed by atoms with Crippen LogP contribution in [0.2, 0.25) is 5.02 Å². The van der Waals surface area contributed by atoms with Crippen LogP contribution in [0.3, 0.4) is 0 Å². The summed E-state index contributed by atoms with van der Waals surface area (Å²) < 4.78 is 40.7. The van der Waals surface area contributed by atoms with E-state index < -0.39 is 26.7 Å². The van der Waals surface area contributed by atoms with Crippen molar-refractivity contribution >= 4 is 27.6 Å². The molecule has 1 aliphatic carbocycles. The van der Waals surface area contributed by atoms with Crippen LogP contribution >= 0.6 is 11.6 Å². The average Bonchev–Trinajstić information content (AvgIpc) is 3.07. The molecule has 5 nitrogen and oxygen atoms in total. The van der Waals surface area contributed by atoms with Crippen molar-refractivity contribution in [3.63, 3.8) is 0 Å². The minimum absolute atomic E-state index is 0.215. The van der Waals surface area contributed by atoms with Crippen molar-refractivity contribution in [3.05, 3.63) is 28.5 Å². The summed E-state index contributed by atoms with van der Waals surface area (Å²) in [5.74, 6) is -1.55. The summed E-state index contributed by atoms with van der Waals surface area (Å²) in [4.78, 5) is 10.9. The van der Waals surface area contributed by atoms with Crippen molar-refractivity contribution in [3.8, 4) is 0 Å². The molecule has 2 N–H and O–H groups in total. The number of benzene rings is 1. The third-order valence-corrected chi connectivity index (χ3v) is 3.93. The largest absolute Gasteiger partial charge is 0.462 e. The number of primary sulfonamides is 1. The minimum atomic E-state index is -4.27. The van der Waals surface area contributed by atoms with Crippen LogP contribution in [0.15, 0.2) is 17.0 Å². The van der Waals surface area contributed by atoms with Crippen LogP contribution < -0.4 is 5.14 Å². The van der Waals surface area contributed by atoms with E-state index in [1.165, 1.54) is 0 Å². The number of rotatable bonds is 4. The smallest absolute Gasteiger partial charge is 0.339 e. The summed E-state index contributed by atoms with van der Waals surface area (Å²) in [6, 6.07) is 1.53. The molecule has 2 rings (SSSR count). The van der Waals surface area contributed by atoms with Crippen LogP contribution in [0.4, 0.5) is 4.39 Å². The van der Waals surface area contributed by atoms with Gasteiger partial charge >= 0.3 is 5.97 Å². The summed E-state index contributed by atoms with van der Waals surface area (Å²) in [5, 5.41) is 4.63. The Morgan fingerprint density at radius 1 is 1.47 bits per heavy atom. The molecule has 0 amide bonds. The van der Waals surface area contributed by atoms with E-state index >= 15 is 0 Å². The van der Waals surface area contributed by atoms with E-state index in [-0.39, 0.29) is 17.2 Å². The van der Waals surface area contributed by atoms with Gasteiger partial charge in [-0.2, -0.15) is 0 Å². The van der Waals surface area contributed by atoms with Crippen molar-refractivity contribution in [2.75, 3.05) is 6.61 Å². The molecular weight excluding hydrogens is 297 g/mol. The zero-order valence-electron chi connectivity index (χ0n) is 9.73. The number of ether oxygens (including phenoxy) is 1. The highest BCUT2D eigenvalue weighted by atomic mass is 35.5. The van der Waals surface area contributed by atoms with Gasteiger partial charge in [-0.3, -0.25) is 0 Å². The van der Waals surface area contributed by atoms with Crippen LogP contribution in [0.5, 0.6) is 0 Å². The maximum atomic E-state index is 13.4. The van der Waals surface area contributed by atoms with E-state index in [0.717, 1.165) is 25.0 Å². The van der Waals surface area contributed by atoms with Crippen molar-refractivity contribution in [1.29, 1.82) is 0 Å². The number of carbonyl (C=O) groups excluding carboxylic acids is 1. The Balaban J connectivity index is 2.30. The Morgan fingerprint density at radius 3 is 2.63 bits per heavy atom. The summed E-state index contributed by atoms with van der Waals surface area (Å²) in [6.45, 7) is 0.247. The maximum Gasteiger partial charge on any atom is 0.339 e. The quantitative estimate of drug-likeness (QED) is 0.858. The molecule has 1 fully saturated rings. The fourth-order valence-electron chi connectivity index (χ4n) is 1.46. The van der Waals surface area contributed by atoms with E-state index in [1.54, 1.807) is 0 Å². The first kappa shape index (κ1) is 14.2. The molecule has 0 aliphatic heterocycles. The van der Waals surface area contributed by atoms with Gasteiger partial charge in [0.05, 0.1) is 17.2 Å². The molecule has 1 aromatic carbocycles. The number of hydrogen-bond donors (Lipinski definition) is 1. The molecule has 0 unspecified atom stereocenters. The molecule has 19 heavy (non-hydrogen) atoms. The summed E-state index contributed by atoms with van der Waals surface area (Å²) >= 11 is 5.70. The van der Waals surface area contributed by atoms with Crippen LogP contribution in [0.25, 0.3) is 0 Å². The molecule has 0 radical (unpaired) electrons. The zero-order chi connectivity index (χ0) is 14.2. The average molecular weight is 308 g/mol. The fraction of sp³-hybridized carbons (Fsp3) is 0.364. The number of carbonyl (C=O) groups is 1. The molecule has 1 aromatic rings. The lowest BCUT2D eigenvalue weighted by Crippen LogP contribution is -2.16. The molecule has 1 saturated carbocycles. The molecule has 0 aromatic heterocycles. The van der Waals surface area contributed by atoms with Gasteiger partial charge in [-0.25, -0.2) is 22.7 Å². The number of esters is 1. The van der Waals surface area contributed by atoms with Crippen LogP contribution in [0.1, 0.15) is 23.2 Å². The highest BCUT2D eigenvalue weighted by Gasteiger charge is 2.25. The lowest BCUT2D eigenvalue weighted by molar-refractivity contribution is 0.0486. The Hall–Kier alpha value is -1.18. The summed E-state index contributed by atoms with van der Waals surface area (Å²) in [7, 11) is -4.27. The van der Waals surface area contributed by atoms with Gasteiger partial charge in [0.25, 0.3) is 0 Å². The first-order chi connectivity index (χ1) is 8.79.